The number of benzene rings is 2. The number of nitrogens with one attached hydrogen (secondary N) is 1. The largest absolute Gasteiger partial charge is 0.294 e. The van der Waals surface area contributed by atoms with Crippen LogP contribution >= 0.6 is 23.2 Å². The van der Waals surface area contributed by atoms with Gasteiger partial charge >= 0.3 is 0 Å². The van der Waals surface area contributed by atoms with Crippen LogP contribution in [-0.4, -0.2) is 9.78 Å². The Morgan fingerprint density at radius 3 is 2.43 bits per heavy atom. The fraction of sp³-hybridized carbons (Fsp3) is 0.167. The number of hydrogen-bond donors (Lipinski definition) is 1. The van der Waals surface area contributed by atoms with Gasteiger partial charge in [-0.2, -0.15) is 0 Å². The highest BCUT2D eigenvalue weighted by Gasteiger charge is 2.17. The quantitative estimate of drug-likeness (QED) is 0.696. The summed E-state index contributed by atoms with van der Waals surface area (Å²) in [6.45, 7) is 2.03. The van der Waals surface area contributed by atoms with Gasteiger partial charge in [-0.1, -0.05) is 66.5 Å². The van der Waals surface area contributed by atoms with Crippen LogP contribution in [0.1, 0.15) is 24.9 Å². The van der Waals surface area contributed by atoms with E-state index in [4.69, 9.17) is 23.2 Å². The van der Waals surface area contributed by atoms with E-state index in [2.05, 4.69) is 5.10 Å². The van der Waals surface area contributed by atoms with Gasteiger partial charge < -0.3 is 0 Å². The molecular formula is C18H16Cl2N2O. The number of H-pyrrole nitrogens is 1. The van der Waals surface area contributed by atoms with Crippen molar-refractivity contribution in [3.63, 3.8) is 0 Å². The Balaban J connectivity index is 2.04. The van der Waals surface area contributed by atoms with E-state index < -0.39 is 0 Å². The molecule has 0 bridgehead atoms. The lowest BCUT2D eigenvalue weighted by Gasteiger charge is -2.17. The Labute approximate surface area is 144 Å². The molecule has 1 unspecified atom stereocenters. The molecule has 1 N–H and O–H groups in total. The Morgan fingerprint density at radius 1 is 1.04 bits per heavy atom. The SMILES string of the molecule is CCC(c1ccc(Cl)c(Cl)c1)n1[nH]c(-c2ccccc2)cc1=O. The van der Waals surface area contributed by atoms with E-state index in [9.17, 15) is 4.79 Å². The first-order valence-corrected chi connectivity index (χ1v) is 8.17. The molecule has 1 atom stereocenters. The lowest BCUT2D eigenvalue weighted by atomic mass is 10.1. The third-order valence-corrected chi connectivity index (χ3v) is 4.60. The van der Waals surface area contributed by atoms with Gasteiger partial charge in [0.2, 0.25) is 0 Å². The van der Waals surface area contributed by atoms with Crippen LogP contribution in [0.4, 0.5) is 0 Å². The van der Waals surface area contributed by atoms with Gasteiger partial charge in [-0.15, -0.1) is 0 Å². The molecular weight excluding hydrogens is 331 g/mol. The molecule has 0 fully saturated rings. The maximum atomic E-state index is 12.4. The maximum Gasteiger partial charge on any atom is 0.267 e. The van der Waals surface area contributed by atoms with Crippen LogP contribution in [0, 0.1) is 0 Å². The average Bonchev–Trinajstić information content (AvgIpc) is 2.94. The minimum Gasteiger partial charge on any atom is -0.294 e. The topological polar surface area (TPSA) is 37.8 Å². The molecule has 1 aromatic heterocycles. The second kappa shape index (κ2) is 6.65. The maximum absolute atomic E-state index is 12.4. The fourth-order valence-electron chi connectivity index (χ4n) is 2.69. The van der Waals surface area contributed by atoms with Crippen molar-refractivity contribution < 1.29 is 0 Å². The molecule has 0 spiro atoms. The zero-order valence-corrected chi connectivity index (χ0v) is 14.1. The molecule has 0 amide bonds. The number of aromatic nitrogens is 2. The molecule has 0 aliphatic rings. The molecule has 1 heterocycles. The molecule has 0 aliphatic carbocycles. The predicted octanol–water partition coefficient (Wildman–Crippen LogP) is 5.15. The van der Waals surface area contributed by atoms with Gasteiger partial charge in [0.25, 0.3) is 5.56 Å². The third-order valence-electron chi connectivity index (χ3n) is 3.86. The van der Waals surface area contributed by atoms with Gasteiger partial charge in [0.15, 0.2) is 0 Å². The second-order valence-electron chi connectivity index (χ2n) is 5.34. The molecule has 0 saturated heterocycles. The Morgan fingerprint density at radius 2 is 1.78 bits per heavy atom. The van der Waals surface area contributed by atoms with Gasteiger partial charge in [-0.05, 0) is 29.7 Å². The molecule has 3 rings (SSSR count). The number of halogens is 2. The zero-order valence-electron chi connectivity index (χ0n) is 12.6. The number of rotatable bonds is 4. The predicted molar refractivity (Wildman–Crippen MR) is 95.4 cm³/mol. The van der Waals surface area contributed by atoms with Gasteiger partial charge in [0.05, 0.1) is 21.8 Å². The monoisotopic (exact) mass is 346 g/mol. The van der Waals surface area contributed by atoms with Crippen LogP contribution in [0.25, 0.3) is 11.3 Å². The van der Waals surface area contributed by atoms with Crippen molar-refractivity contribution >= 4 is 23.2 Å². The summed E-state index contributed by atoms with van der Waals surface area (Å²) >= 11 is 12.1. The van der Waals surface area contributed by atoms with E-state index >= 15 is 0 Å². The van der Waals surface area contributed by atoms with E-state index in [1.807, 2.05) is 49.4 Å². The second-order valence-corrected chi connectivity index (χ2v) is 6.16. The van der Waals surface area contributed by atoms with Gasteiger partial charge in [-0.25, -0.2) is 4.68 Å². The van der Waals surface area contributed by atoms with Gasteiger partial charge in [0, 0.05) is 6.07 Å². The van der Waals surface area contributed by atoms with Crippen molar-refractivity contribution in [1.82, 2.24) is 9.78 Å². The van der Waals surface area contributed by atoms with Crippen LogP contribution in [0.2, 0.25) is 10.0 Å². The fourth-order valence-corrected chi connectivity index (χ4v) is 3.00. The highest BCUT2D eigenvalue weighted by Crippen LogP contribution is 2.28. The standard InChI is InChI=1S/C18H16Cl2N2O/c1-2-17(13-8-9-14(19)15(20)10-13)22-18(23)11-16(21-22)12-6-4-3-5-7-12/h3-11,17,21H,2H2,1H3. The summed E-state index contributed by atoms with van der Waals surface area (Å²) in [5.74, 6) is 0. The molecule has 3 aromatic rings. The molecule has 0 radical (unpaired) electrons. The van der Waals surface area contributed by atoms with Crippen molar-refractivity contribution in [1.29, 1.82) is 0 Å². The number of aromatic amines is 1. The summed E-state index contributed by atoms with van der Waals surface area (Å²) in [5, 5.41) is 4.21. The van der Waals surface area contributed by atoms with Crippen molar-refractivity contribution in [2.75, 3.05) is 0 Å². The molecule has 3 nitrogen and oxygen atoms in total. The van der Waals surface area contributed by atoms with E-state index in [1.165, 1.54) is 0 Å². The Hall–Kier alpha value is -1.97. The minimum absolute atomic E-state index is 0.0678. The average molecular weight is 347 g/mol. The van der Waals surface area contributed by atoms with Crippen LogP contribution < -0.4 is 5.56 Å². The van der Waals surface area contributed by atoms with Crippen molar-refractivity contribution in [2.24, 2.45) is 0 Å². The summed E-state index contributed by atoms with van der Waals surface area (Å²) < 4.78 is 1.64. The van der Waals surface area contributed by atoms with E-state index in [0.29, 0.717) is 10.0 Å². The summed E-state index contributed by atoms with van der Waals surface area (Å²) in [6, 6.07) is 16.8. The van der Waals surface area contributed by atoms with Crippen LogP contribution in [-0.2, 0) is 0 Å². The van der Waals surface area contributed by atoms with Crippen molar-refractivity contribution in [3.05, 3.63) is 80.6 Å². The van der Waals surface area contributed by atoms with Gasteiger partial charge in [0.1, 0.15) is 0 Å². The lowest BCUT2D eigenvalue weighted by molar-refractivity contribution is 0.496. The summed E-state index contributed by atoms with van der Waals surface area (Å²) in [6.07, 6.45) is 0.757. The highest BCUT2D eigenvalue weighted by atomic mass is 35.5. The number of hydrogen-bond acceptors (Lipinski definition) is 1. The normalized spacial score (nSPS) is 12.3. The molecule has 118 valence electrons. The van der Waals surface area contributed by atoms with E-state index in [-0.39, 0.29) is 11.6 Å². The molecule has 0 saturated carbocycles. The Bertz CT molecular complexity index is 868. The van der Waals surface area contributed by atoms with Gasteiger partial charge in [-0.3, -0.25) is 9.89 Å². The van der Waals surface area contributed by atoms with E-state index in [1.54, 1.807) is 16.8 Å². The van der Waals surface area contributed by atoms with E-state index in [0.717, 1.165) is 23.2 Å². The first-order chi connectivity index (χ1) is 11.1. The highest BCUT2D eigenvalue weighted by molar-refractivity contribution is 6.42. The summed E-state index contributed by atoms with van der Waals surface area (Å²) in [7, 11) is 0. The van der Waals surface area contributed by atoms with Crippen LogP contribution in [0.15, 0.2) is 59.4 Å². The van der Waals surface area contributed by atoms with Crippen LogP contribution in [0.5, 0.6) is 0 Å². The first-order valence-electron chi connectivity index (χ1n) is 7.42. The summed E-state index contributed by atoms with van der Waals surface area (Å²) in [5.41, 5.74) is 2.66. The number of nitrogens with zero attached hydrogens (tertiary/aromatic N) is 1. The molecule has 2 aromatic carbocycles. The molecule has 5 heteroatoms. The summed E-state index contributed by atoms with van der Waals surface area (Å²) in [4.78, 5) is 12.4. The Kier molecular flexibility index (Phi) is 4.60. The lowest BCUT2D eigenvalue weighted by Crippen LogP contribution is -2.22. The first kappa shape index (κ1) is 15.9. The molecule has 0 aliphatic heterocycles. The van der Waals surface area contributed by atoms with Crippen LogP contribution in [0.3, 0.4) is 0 Å². The molecule has 23 heavy (non-hydrogen) atoms. The smallest absolute Gasteiger partial charge is 0.267 e. The van der Waals surface area contributed by atoms with Crippen molar-refractivity contribution in [3.8, 4) is 11.3 Å². The third kappa shape index (κ3) is 3.21. The minimum atomic E-state index is -0.116. The zero-order chi connectivity index (χ0) is 16.4. The van der Waals surface area contributed by atoms with Crippen molar-refractivity contribution in [2.45, 2.75) is 19.4 Å².